The molecule has 1 aromatic heterocycles. The molecule has 0 unspecified atom stereocenters. The number of carbonyl (C=O) groups is 2. The fraction of sp³-hybridized carbons (Fsp3) is 0.143. The maximum Gasteiger partial charge on any atom is 0.321 e. The van der Waals surface area contributed by atoms with Crippen molar-refractivity contribution in [1.82, 2.24) is 9.97 Å². The number of carbonyl (C=O) groups excluding carboxylic acids is 2. The largest absolute Gasteiger partial charge is 0.426 e. The minimum Gasteiger partial charge on any atom is -0.426 e. The molecule has 0 aliphatic rings. The number of amides is 1. The number of thioether (sulfide) groups is 1. The highest BCUT2D eigenvalue weighted by Crippen LogP contribution is 2.24. The van der Waals surface area contributed by atoms with Crippen molar-refractivity contribution in [2.45, 2.75) is 19.0 Å². The molecule has 3 rings (SSSR count). The number of nitrogens with zero attached hydrogens (tertiary/aromatic N) is 2. The first-order chi connectivity index (χ1) is 13.9. The zero-order valence-corrected chi connectivity index (χ0v) is 16.8. The first kappa shape index (κ1) is 20.3. The summed E-state index contributed by atoms with van der Waals surface area (Å²) in [4.78, 5) is 32.3. The fourth-order valence-electron chi connectivity index (χ4n) is 2.64. The molecule has 1 heterocycles. The SMILES string of the molecule is Cc1cc(C)nc(SCC(=O)Oc2cccc(Nc3ccccc3C(N)=O)c2)n1. The molecule has 1 amide bonds. The summed E-state index contributed by atoms with van der Waals surface area (Å²) >= 11 is 1.22. The number of rotatable bonds is 7. The van der Waals surface area contributed by atoms with E-state index in [1.807, 2.05) is 19.9 Å². The highest BCUT2D eigenvalue weighted by atomic mass is 32.2. The van der Waals surface area contributed by atoms with Crippen LogP contribution in [0.3, 0.4) is 0 Å². The van der Waals surface area contributed by atoms with Gasteiger partial charge in [-0.1, -0.05) is 30.0 Å². The van der Waals surface area contributed by atoms with Gasteiger partial charge in [-0.3, -0.25) is 9.59 Å². The van der Waals surface area contributed by atoms with Crippen molar-refractivity contribution in [2.75, 3.05) is 11.1 Å². The third kappa shape index (κ3) is 5.79. The molecule has 0 aliphatic carbocycles. The second kappa shape index (κ2) is 9.20. The predicted molar refractivity (Wildman–Crippen MR) is 113 cm³/mol. The summed E-state index contributed by atoms with van der Waals surface area (Å²) in [6.45, 7) is 3.76. The van der Waals surface area contributed by atoms with Gasteiger partial charge in [0, 0.05) is 23.1 Å². The van der Waals surface area contributed by atoms with Crippen LogP contribution in [0.1, 0.15) is 21.7 Å². The second-order valence-corrected chi connectivity index (χ2v) is 7.20. The zero-order valence-electron chi connectivity index (χ0n) is 16.0. The Hall–Kier alpha value is -3.39. The molecule has 2 aromatic carbocycles. The molecule has 29 heavy (non-hydrogen) atoms. The Morgan fingerprint density at radius 3 is 2.48 bits per heavy atom. The van der Waals surface area contributed by atoms with Gasteiger partial charge in [-0.05, 0) is 44.2 Å². The highest BCUT2D eigenvalue weighted by Gasteiger charge is 2.11. The molecule has 0 bridgehead atoms. The van der Waals surface area contributed by atoms with Crippen LogP contribution < -0.4 is 15.8 Å². The number of nitrogens with two attached hydrogens (primary N) is 1. The Bertz CT molecular complexity index is 1040. The van der Waals surface area contributed by atoms with Gasteiger partial charge in [0.25, 0.3) is 5.91 Å². The molecule has 0 radical (unpaired) electrons. The van der Waals surface area contributed by atoms with Gasteiger partial charge < -0.3 is 15.8 Å². The summed E-state index contributed by atoms with van der Waals surface area (Å²) in [6, 6.07) is 15.7. The maximum absolute atomic E-state index is 12.2. The lowest BCUT2D eigenvalue weighted by Gasteiger charge is -2.11. The Kier molecular flexibility index (Phi) is 6.46. The Labute approximate surface area is 172 Å². The molecule has 3 aromatic rings. The van der Waals surface area contributed by atoms with Crippen LogP contribution in [-0.4, -0.2) is 27.6 Å². The number of para-hydroxylation sites is 1. The molecule has 8 heteroatoms. The smallest absolute Gasteiger partial charge is 0.321 e. The summed E-state index contributed by atoms with van der Waals surface area (Å²) in [5.41, 5.74) is 8.71. The van der Waals surface area contributed by atoms with Gasteiger partial charge in [0.2, 0.25) is 0 Å². The molecule has 148 valence electrons. The summed E-state index contributed by atoms with van der Waals surface area (Å²) in [7, 11) is 0. The third-order valence-electron chi connectivity index (χ3n) is 3.82. The lowest BCUT2D eigenvalue weighted by Crippen LogP contribution is -2.13. The van der Waals surface area contributed by atoms with E-state index in [0.717, 1.165) is 11.4 Å². The molecule has 0 spiro atoms. The third-order valence-corrected chi connectivity index (χ3v) is 4.64. The molecular weight excluding hydrogens is 388 g/mol. The summed E-state index contributed by atoms with van der Waals surface area (Å²) in [5, 5.41) is 3.66. The molecule has 0 saturated heterocycles. The van der Waals surface area contributed by atoms with Crippen LogP contribution in [0.4, 0.5) is 11.4 Å². The van der Waals surface area contributed by atoms with E-state index in [4.69, 9.17) is 10.5 Å². The number of esters is 1. The van der Waals surface area contributed by atoms with E-state index in [1.54, 1.807) is 48.5 Å². The number of benzene rings is 2. The first-order valence-corrected chi connectivity index (χ1v) is 9.81. The Balaban J connectivity index is 1.64. The quantitative estimate of drug-likeness (QED) is 0.266. The van der Waals surface area contributed by atoms with Crippen molar-refractivity contribution in [3.8, 4) is 5.75 Å². The van der Waals surface area contributed by atoms with Crippen LogP contribution in [0, 0.1) is 13.8 Å². The van der Waals surface area contributed by atoms with E-state index < -0.39 is 11.9 Å². The van der Waals surface area contributed by atoms with E-state index in [2.05, 4.69) is 15.3 Å². The minimum absolute atomic E-state index is 0.0884. The van der Waals surface area contributed by atoms with Crippen molar-refractivity contribution in [3.63, 3.8) is 0 Å². The number of aromatic nitrogens is 2. The van der Waals surface area contributed by atoms with Gasteiger partial charge in [-0.2, -0.15) is 0 Å². The van der Waals surface area contributed by atoms with Crippen LogP contribution >= 0.6 is 11.8 Å². The normalized spacial score (nSPS) is 10.4. The number of hydrogen-bond acceptors (Lipinski definition) is 7. The van der Waals surface area contributed by atoms with Gasteiger partial charge in [0.1, 0.15) is 5.75 Å². The average molecular weight is 408 g/mol. The number of anilines is 2. The van der Waals surface area contributed by atoms with Crippen LogP contribution in [0.5, 0.6) is 5.75 Å². The molecule has 0 atom stereocenters. The lowest BCUT2D eigenvalue weighted by atomic mass is 10.1. The van der Waals surface area contributed by atoms with Gasteiger partial charge in [0.15, 0.2) is 5.16 Å². The predicted octanol–water partition coefficient (Wildman–Crippen LogP) is 3.63. The summed E-state index contributed by atoms with van der Waals surface area (Å²) < 4.78 is 5.41. The maximum atomic E-state index is 12.2. The molecular formula is C21H20N4O3S. The van der Waals surface area contributed by atoms with Gasteiger partial charge in [-0.25, -0.2) is 9.97 Å². The molecule has 0 fully saturated rings. The number of primary amides is 1. The molecule has 7 nitrogen and oxygen atoms in total. The van der Waals surface area contributed by atoms with Gasteiger partial charge >= 0.3 is 5.97 Å². The fourth-order valence-corrected chi connectivity index (χ4v) is 3.37. The summed E-state index contributed by atoms with van der Waals surface area (Å²) in [6.07, 6.45) is 0. The van der Waals surface area contributed by atoms with Crippen molar-refractivity contribution in [3.05, 3.63) is 71.5 Å². The number of aryl methyl sites for hydroxylation is 2. The van der Waals surface area contributed by atoms with Crippen molar-refractivity contribution < 1.29 is 14.3 Å². The van der Waals surface area contributed by atoms with Crippen LogP contribution in [0.2, 0.25) is 0 Å². The van der Waals surface area contributed by atoms with Crippen molar-refractivity contribution in [1.29, 1.82) is 0 Å². The highest BCUT2D eigenvalue weighted by molar-refractivity contribution is 7.99. The van der Waals surface area contributed by atoms with E-state index >= 15 is 0 Å². The number of ether oxygens (including phenoxy) is 1. The monoisotopic (exact) mass is 408 g/mol. The second-order valence-electron chi connectivity index (χ2n) is 6.26. The van der Waals surface area contributed by atoms with E-state index in [0.29, 0.717) is 27.8 Å². The number of nitrogens with one attached hydrogen (secondary N) is 1. The van der Waals surface area contributed by atoms with Crippen LogP contribution in [0.25, 0.3) is 0 Å². The summed E-state index contributed by atoms with van der Waals surface area (Å²) in [5.74, 6) is -0.460. The Morgan fingerprint density at radius 2 is 1.76 bits per heavy atom. The Morgan fingerprint density at radius 1 is 1.03 bits per heavy atom. The van der Waals surface area contributed by atoms with Gasteiger partial charge in [0.05, 0.1) is 17.0 Å². The number of hydrogen-bond donors (Lipinski definition) is 2. The van der Waals surface area contributed by atoms with Gasteiger partial charge in [-0.15, -0.1) is 0 Å². The van der Waals surface area contributed by atoms with E-state index in [1.165, 1.54) is 11.8 Å². The van der Waals surface area contributed by atoms with Crippen LogP contribution in [0.15, 0.2) is 59.8 Å². The molecule has 0 aliphatic heterocycles. The minimum atomic E-state index is -0.527. The lowest BCUT2D eigenvalue weighted by molar-refractivity contribution is -0.131. The average Bonchev–Trinajstić information content (AvgIpc) is 2.66. The molecule has 3 N–H and O–H groups in total. The standard InChI is InChI=1S/C21H20N4O3S/c1-13-10-14(2)24-21(23-13)29-12-19(26)28-16-7-5-6-15(11-16)25-18-9-4-3-8-17(18)20(22)27/h3-11,25H,12H2,1-2H3,(H2,22,27). The topological polar surface area (TPSA) is 107 Å². The van der Waals surface area contributed by atoms with Crippen LogP contribution in [-0.2, 0) is 4.79 Å². The van der Waals surface area contributed by atoms with Crippen molar-refractivity contribution in [2.24, 2.45) is 5.73 Å². The zero-order chi connectivity index (χ0) is 20.8. The van der Waals surface area contributed by atoms with Crippen molar-refractivity contribution >= 4 is 35.0 Å². The molecule has 0 saturated carbocycles. The first-order valence-electron chi connectivity index (χ1n) is 8.82. The van der Waals surface area contributed by atoms with E-state index in [-0.39, 0.29) is 5.75 Å². The van der Waals surface area contributed by atoms with E-state index in [9.17, 15) is 9.59 Å².